The molecule has 0 aliphatic rings. The van der Waals surface area contributed by atoms with E-state index in [1.165, 1.54) is 12.4 Å². The predicted octanol–water partition coefficient (Wildman–Crippen LogP) is 5.15. The number of carbonyl (C=O) groups excluding carboxylic acids is 1. The number of aromatic nitrogens is 2. The molecule has 31 heavy (non-hydrogen) atoms. The third kappa shape index (κ3) is 5.80. The highest BCUT2D eigenvalue weighted by Crippen LogP contribution is 2.36. The third-order valence-corrected chi connectivity index (χ3v) is 4.29. The molecule has 1 heterocycles. The van der Waals surface area contributed by atoms with Crippen molar-refractivity contribution in [1.82, 2.24) is 15.3 Å². The largest absolute Gasteiger partial charge is 0.416 e. The molecular formula is C21H15F6N3O. The summed E-state index contributed by atoms with van der Waals surface area (Å²) >= 11 is 0. The summed E-state index contributed by atoms with van der Waals surface area (Å²) in [6.45, 7) is -0.0233. The van der Waals surface area contributed by atoms with Crippen LogP contribution in [0.1, 0.15) is 27.0 Å². The van der Waals surface area contributed by atoms with Gasteiger partial charge in [-0.3, -0.25) is 4.79 Å². The Kier molecular flexibility index (Phi) is 6.28. The van der Waals surface area contributed by atoms with Crippen LogP contribution >= 0.6 is 0 Å². The van der Waals surface area contributed by atoms with Gasteiger partial charge in [-0.25, -0.2) is 9.97 Å². The van der Waals surface area contributed by atoms with Gasteiger partial charge in [-0.2, -0.15) is 26.3 Å². The number of rotatable bonds is 5. The Morgan fingerprint density at radius 2 is 1.39 bits per heavy atom. The van der Waals surface area contributed by atoms with E-state index in [4.69, 9.17) is 0 Å². The number of nitrogens with zero attached hydrogens (tertiary/aromatic N) is 2. The molecule has 1 N–H and O–H groups in total. The third-order valence-electron chi connectivity index (χ3n) is 4.29. The van der Waals surface area contributed by atoms with Crippen molar-refractivity contribution in [2.24, 2.45) is 0 Å². The molecule has 2 aromatic carbocycles. The molecule has 0 saturated carbocycles. The summed E-state index contributed by atoms with van der Waals surface area (Å²) in [6, 6.07) is 9.94. The number of hydrogen-bond acceptors (Lipinski definition) is 3. The molecule has 0 unspecified atom stereocenters. The van der Waals surface area contributed by atoms with Crippen molar-refractivity contribution < 1.29 is 31.1 Å². The van der Waals surface area contributed by atoms with E-state index in [1.54, 1.807) is 0 Å². The second-order valence-electron chi connectivity index (χ2n) is 6.58. The van der Waals surface area contributed by atoms with Gasteiger partial charge in [0.2, 0.25) is 0 Å². The summed E-state index contributed by atoms with van der Waals surface area (Å²) in [4.78, 5) is 20.6. The molecule has 0 fully saturated rings. The molecule has 0 atom stereocenters. The number of alkyl halides is 6. The van der Waals surface area contributed by atoms with Crippen LogP contribution in [0.2, 0.25) is 0 Å². The van der Waals surface area contributed by atoms with Crippen LogP contribution in [0.15, 0.2) is 60.9 Å². The van der Waals surface area contributed by atoms with Crippen molar-refractivity contribution in [2.45, 2.75) is 18.8 Å². The van der Waals surface area contributed by atoms with Gasteiger partial charge in [0.1, 0.15) is 0 Å². The Morgan fingerprint density at radius 3 is 1.90 bits per heavy atom. The van der Waals surface area contributed by atoms with E-state index in [-0.39, 0.29) is 19.0 Å². The SMILES string of the molecule is O=C(NCCc1cnc(-c2ccccc2)nc1)c1cc(C(F)(F)F)cc(C(F)(F)F)c1. The highest BCUT2D eigenvalue weighted by atomic mass is 19.4. The second-order valence-corrected chi connectivity index (χ2v) is 6.58. The van der Waals surface area contributed by atoms with Crippen LogP contribution in [0, 0.1) is 0 Å². The Morgan fingerprint density at radius 1 is 0.839 bits per heavy atom. The number of amides is 1. The zero-order valence-electron chi connectivity index (χ0n) is 15.8. The standard InChI is InChI=1S/C21H15F6N3O/c22-20(23,24)16-8-15(9-17(10-16)21(25,26)27)19(31)28-7-6-13-11-29-18(30-12-13)14-4-2-1-3-5-14/h1-5,8-12H,6-7H2,(H,28,31). The van der Waals surface area contributed by atoms with Crippen molar-refractivity contribution in [3.8, 4) is 11.4 Å². The fraction of sp³-hybridized carbons (Fsp3) is 0.190. The summed E-state index contributed by atoms with van der Waals surface area (Å²) in [7, 11) is 0. The zero-order chi connectivity index (χ0) is 22.6. The molecule has 1 aromatic heterocycles. The van der Waals surface area contributed by atoms with E-state index in [1.807, 2.05) is 30.3 Å². The maximum absolute atomic E-state index is 12.9. The molecule has 3 rings (SSSR count). The van der Waals surface area contributed by atoms with Crippen LogP contribution in [-0.4, -0.2) is 22.4 Å². The molecule has 10 heteroatoms. The first-order valence-electron chi connectivity index (χ1n) is 8.98. The Labute approximate surface area is 173 Å². The predicted molar refractivity (Wildman–Crippen MR) is 100.0 cm³/mol. The van der Waals surface area contributed by atoms with Gasteiger partial charge in [0, 0.05) is 30.1 Å². The minimum Gasteiger partial charge on any atom is -0.352 e. The Balaban J connectivity index is 1.67. The highest BCUT2D eigenvalue weighted by molar-refractivity contribution is 5.94. The highest BCUT2D eigenvalue weighted by Gasteiger charge is 2.37. The van der Waals surface area contributed by atoms with Gasteiger partial charge in [-0.05, 0) is 30.2 Å². The molecular weight excluding hydrogens is 424 g/mol. The van der Waals surface area contributed by atoms with Crippen LogP contribution in [0.3, 0.4) is 0 Å². The molecule has 0 aliphatic carbocycles. The number of nitrogens with one attached hydrogen (secondary N) is 1. The zero-order valence-corrected chi connectivity index (χ0v) is 15.8. The van der Waals surface area contributed by atoms with Crippen molar-refractivity contribution in [3.63, 3.8) is 0 Å². The molecule has 0 spiro atoms. The van der Waals surface area contributed by atoms with Gasteiger partial charge < -0.3 is 5.32 Å². The number of halogens is 6. The first-order valence-corrected chi connectivity index (χ1v) is 8.98. The van der Waals surface area contributed by atoms with Crippen LogP contribution in [-0.2, 0) is 18.8 Å². The smallest absolute Gasteiger partial charge is 0.352 e. The first-order chi connectivity index (χ1) is 14.5. The fourth-order valence-electron chi connectivity index (χ4n) is 2.73. The molecule has 0 radical (unpaired) electrons. The first kappa shape index (κ1) is 22.3. The van der Waals surface area contributed by atoms with E-state index >= 15 is 0 Å². The van der Waals surface area contributed by atoms with Gasteiger partial charge in [0.15, 0.2) is 5.82 Å². The van der Waals surface area contributed by atoms with E-state index in [2.05, 4.69) is 15.3 Å². The van der Waals surface area contributed by atoms with E-state index in [0.29, 0.717) is 23.5 Å². The normalized spacial score (nSPS) is 11.9. The van der Waals surface area contributed by atoms with Gasteiger partial charge in [0.25, 0.3) is 5.91 Å². The van der Waals surface area contributed by atoms with E-state index < -0.39 is 35.0 Å². The topological polar surface area (TPSA) is 54.9 Å². The van der Waals surface area contributed by atoms with Crippen molar-refractivity contribution >= 4 is 5.91 Å². The van der Waals surface area contributed by atoms with Crippen LogP contribution in [0.25, 0.3) is 11.4 Å². The lowest BCUT2D eigenvalue weighted by molar-refractivity contribution is -0.143. The molecule has 3 aromatic rings. The number of carbonyl (C=O) groups is 1. The molecule has 1 amide bonds. The maximum atomic E-state index is 12.9. The van der Waals surface area contributed by atoms with Crippen molar-refractivity contribution in [3.05, 3.63) is 83.2 Å². The summed E-state index contributed by atoms with van der Waals surface area (Å²) in [5.74, 6) is -0.546. The maximum Gasteiger partial charge on any atom is 0.416 e. The molecule has 0 bridgehead atoms. The molecule has 0 saturated heterocycles. The summed E-state index contributed by atoms with van der Waals surface area (Å²) in [5.41, 5.74) is -2.36. The van der Waals surface area contributed by atoms with Gasteiger partial charge in [-0.15, -0.1) is 0 Å². The minimum atomic E-state index is -5.02. The minimum absolute atomic E-state index is 0.0233. The summed E-state index contributed by atoms with van der Waals surface area (Å²) in [6.07, 6.45) is -6.73. The molecule has 162 valence electrons. The van der Waals surface area contributed by atoms with Crippen molar-refractivity contribution in [2.75, 3.05) is 6.54 Å². The van der Waals surface area contributed by atoms with Gasteiger partial charge >= 0.3 is 12.4 Å². The average Bonchev–Trinajstić information content (AvgIpc) is 2.73. The lowest BCUT2D eigenvalue weighted by Gasteiger charge is -2.14. The average molecular weight is 439 g/mol. The van der Waals surface area contributed by atoms with E-state index in [9.17, 15) is 31.1 Å². The van der Waals surface area contributed by atoms with Crippen LogP contribution in [0.5, 0.6) is 0 Å². The summed E-state index contributed by atoms with van der Waals surface area (Å²) in [5, 5.41) is 2.32. The van der Waals surface area contributed by atoms with Crippen LogP contribution in [0.4, 0.5) is 26.3 Å². The monoisotopic (exact) mass is 439 g/mol. The second kappa shape index (κ2) is 8.75. The van der Waals surface area contributed by atoms with E-state index in [0.717, 1.165) is 5.56 Å². The fourth-order valence-corrected chi connectivity index (χ4v) is 2.73. The summed E-state index contributed by atoms with van der Waals surface area (Å²) < 4.78 is 77.5. The molecule has 4 nitrogen and oxygen atoms in total. The Bertz CT molecular complexity index is 1020. The van der Waals surface area contributed by atoms with Crippen LogP contribution < -0.4 is 5.32 Å². The number of hydrogen-bond donors (Lipinski definition) is 1. The lowest BCUT2D eigenvalue weighted by Crippen LogP contribution is -2.26. The van der Waals surface area contributed by atoms with Crippen molar-refractivity contribution in [1.29, 1.82) is 0 Å². The van der Waals surface area contributed by atoms with Gasteiger partial charge in [0.05, 0.1) is 11.1 Å². The van der Waals surface area contributed by atoms with Gasteiger partial charge in [-0.1, -0.05) is 30.3 Å². The quantitative estimate of drug-likeness (QED) is 0.560. The molecule has 0 aliphatic heterocycles. The Hall–Kier alpha value is -3.43. The lowest BCUT2D eigenvalue weighted by atomic mass is 10.0. The number of benzene rings is 2.